The first-order chi connectivity index (χ1) is 10.1. The molecule has 2 aromatic rings. The van der Waals surface area contributed by atoms with E-state index in [-0.39, 0.29) is 6.03 Å². The molecule has 0 spiro atoms. The number of nitrogens with zero attached hydrogens (tertiary/aromatic N) is 2. The van der Waals surface area contributed by atoms with Gasteiger partial charge in [0.25, 0.3) is 0 Å². The van der Waals surface area contributed by atoms with E-state index in [2.05, 4.69) is 15.8 Å². The number of anilines is 2. The molecule has 21 heavy (non-hydrogen) atoms. The molecule has 0 aliphatic rings. The Kier molecular flexibility index (Phi) is 4.93. The number of hydrogen-bond acceptors (Lipinski definition) is 3. The first-order valence-electron chi connectivity index (χ1n) is 6.57. The Morgan fingerprint density at radius 2 is 1.71 bits per heavy atom. The van der Waals surface area contributed by atoms with Crippen LogP contribution in [0.1, 0.15) is 5.56 Å². The third kappa shape index (κ3) is 4.65. The lowest BCUT2D eigenvalue weighted by Gasteiger charge is -2.11. The van der Waals surface area contributed by atoms with Crippen molar-refractivity contribution >= 4 is 23.6 Å². The zero-order chi connectivity index (χ0) is 15.1. The molecule has 2 aromatic carbocycles. The number of hydrazone groups is 1. The molecule has 5 heteroatoms. The minimum Gasteiger partial charge on any atom is -0.378 e. The van der Waals surface area contributed by atoms with Gasteiger partial charge in [-0.05, 0) is 29.8 Å². The maximum atomic E-state index is 11.6. The summed E-state index contributed by atoms with van der Waals surface area (Å²) in [4.78, 5) is 13.6. The first-order valence-corrected chi connectivity index (χ1v) is 6.57. The van der Waals surface area contributed by atoms with Crippen LogP contribution >= 0.6 is 0 Å². The van der Waals surface area contributed by atoms with Crippen LogP contribution in [0.5, 0.6) is 0 Å². The Morgan fingerprint density at radius 3 is 2.33 bits per heavy atom. The van der Waals surface area contributed by atoms with E-state index in [1.165, 1.54) is 0 Å². The van der Waals surface area contributed by atoms with Crippen molar-refractivity contribution in [3.05, 3.63) is 60.2 Å². The number of carbonyl (C=O) groups excluding carboxylic acids is 1. The van der Waals surface area contributed by atoms with Crippen LogP contribution in [0.4, 0.5) is 16.2 Å². The van der Waals surface area contributed by atoms with Crippen LogP contribution < -0.4 is 15.6 Å². The summed E-state index contributed by atoms with van der Waals surface area (Å²) in [5, 5.41) is 6.59. The predicted octanol–water partition coefficient (Wildman–Crippen LogP) is 2.91. The highest BCUT2D eigenvalue weighted by atomic mass is 16.2. The van der Waals surface area contributed by atoms with Gasteiger partial charge >= 0.3 is 6.03 Å². The van der Waals surface area contributed by atoms with Crippen molar-refractivity contribution in [1.82, 2.24) is 5.43 Å². The van der Waals surface area contributed by atoms with Crippen molar-refractivity contribution in [2.45, 2.75) is 0 Å². The van der Waals surface area contributed by atoms with E-state index in [4.69, 9.17) is 0 Å². The van der Waals surface area contributed by atoms with Crippen LogP contribution in [-0.2, 0) is 0 Å². The van der Waals surface area contributed by atoms with Gasteiger partial charge in [-0.15, -0.1) is 0 Å². The van der Waals surface area contributed by atoms with Crippen molar-refractivity contribution in [3.63, 3.8) is 0 Å². The smallest absolute Gasteiger partial charge is 0.339 e. The third-order valence-electron chi connectivity index (χ3n) is 2.82. The maximum absolute atomic E-state index is 11.6. The molecule has 5 nitrogen and oxygen atoms in total. The molecule has 0 aliphatic carbocycles. The summed E-state index contributed by atoms with van der Waals surface area (Å²) in [5.41, 5.74) is 5.18. The minimum absolute atomic E-state index is 0.373. The standard InChI is InChI=1S/C16H18N4O/c1-20(2)15-10-8-13(9-11-15)12-17-19-16(21)18-14-6-4-3-5-7-14/h3-12H,1-2H3,(H2,18,19,21)/b17-12+. The average Bonchev–Trinajstić information content (AvgIpc) is 2.49. The highest BCUT2D eigenvalue weighted by Crippen LogP contribution is 2.10. The van der Waals surface area contributed by atoms with E-state index >= 15 is 0 Å². The Balaban J connectivity index is 1.86. The number of carbonyl (C=O) groups is 1. The summed E-state index contributed by atoms with van der Waals surface area (Å²) in [6, 6.07) is 16.7. The van der Waals surface area contributed by atoms with Crippen molar-refractivity contribution < 1.29 is 4.79 Å². The van der Waals surface area contributed by atoms with Crippen LogP contribution in [0, 0.1) is 0 Å². The van der Waals surface area contributed by atoms with E-state index in [1.807, 2.05) is 73.6 Å². The van der Waals surface area contributed by atoms with Crippen LogP contribution in [0.2, 0.25) is 0 Å². The number of urea groups is 1. The molecule has 2 rings (SSSR count). The van der Waals surface area contributed by atoms with Crippen LogP contribution in [-0.4, -0.2) is 26.3 Å². The molecule has 0 saturated carbocycles. The predicted molar refractivity (Wildman–Crippen MR) is 87.0 cm³/mol. The number of nitrogens with one attached hydrogen (secondary N) is 2. The summed E-state index contributed by atoms with van der Waals surface area (Å²) < 4.78 is 0. The zero-order valence-corrected chi connectivity index (χ0v) is 12.1. The minimum atomic E-state index is -0.373. The quantitative estimate of drug-likeness (QED) is 0.669. The third-order valence-corrected chi connectivity index (χ3v) is 2.82. The second kappa shape index (κ2) is 7.09. The summed E-state index contributed by atoms with van der Waals surface area (Å²) in [6.45, 7) is 0. The number of rotatable bonds is 4. The number of amides is 2. The molecule has 2 N–H and O–H groups in total. The Morgan fingerprint density at radius 1 is 1.05 bits per heavy atom. The Bertz CT molecular complexity index is 606. The summed E-state index contributed by atoms with van der Waals surface area (Å²) >= 11 is 0. The van der Waals surface area contributed by atoms with Gasteiger partial charge in [0.1, 0.15) is 0 Å². The summed E-state index contributed by atoms with van der Waals surface area (Å²) in [7, 11) is 3.97. The van der Waals surface area contributed by atoms with Gasteiger partial charge in [0.2, 0.25) is 0 Å². The molecule has 0 heterocycles. The Labute approximate surface area is 124 Å². The fourth-order valence-electron chi connectivity index (χ4n) is 1.70. The average molecular weight is 282 g/mol. The van der Waals surface area contributed by atoms with Crippen LogP contribution in [0.3, 0.4) is 0 Å². The molecule has 0 aliphatic heterocycles. The number of hydrogen-bond donors (Lipinski definition) is 2. The molecule has 0 fully saturated rings. The van der Waals surface area contributed by atoms with Gasteiger partial charge in [0.15, 0.2) is 0 Å². The molecular weight excluding hydrogens is 264 g/mol. The molecule has 0 saturated heterocycles. The van der Waals surface area contributed by atoms with Crippen molar-refractivity contribution in [1.29, 1.82) is 0 Å². The molecule has 0 radical (unpaired) electrons. The molecular formula is C16H18N4O. The van der Waals surface area contributed by atoms with Crippen molar-refractivity contribution in [2.75, 3.05) is 24.3 Å². The fraction of sp³-hybridized carbons (Fsp3) is 0.125. The first kappa shape index (κ1) is 14.6. The van der Waals surface area contributed by atoms with Crippen molar-refractivity contribution in [3.8, 4) is 0 Å². The summed E-state index contributed by atoms with van der Waals surface area (Å²) in [5.74, 6) is 0. The van der Waals surface area contributed by atoms with Gasteiger partial charge in [-0.1, -0.05) is 30.3 Å². The second-order valence-electron chi connectivity index (χ2n) is 4.68. The summed E-state index contributed by atoms with van der Waals surface area (Å²) in [6.07, 6.45) is 1.60. The van der Waals surface area contributed by atoms with Gasteiger partial charge in [-0.25, -0.2) is 10.2 Å². The largest absolute Gasteiger partial charge is 0.378 e. The van der Waals surface area contributed by atoms with E-state index in [1.54, 1.807) is 6.21 Å². The van der Waals surface area contributed by atoms with Gasteiger partial charge in [-0.3, -0.25) is 0 Å². The SMILES string of the molecule is CN(C)c1ccc(/C=N/NC(=O)Nc2ccccc2)cc1. The maximum Gasteiger partial charge on any atom is 0.339 e. The lowest BCUT2D eigenvalue weighted by atomic mass is 10.2. The van der Waals surface area contributed by atoms with Gasteiger partial charge in [-0.2, -0.15) is 5.10 Å². The molecule has 0 atom stereocenters. The van der Waals surface area contributed by atoms with E-state index in [0.717, 1.165) is 16.9 Å². The molecule has 0 aromatic heterocycles. The molecule has 2 amide bonds. The highest BCUT2D eigenvalue weighted by Gasteiger charge is 1.98. The van der Waals surface area contributed by atoms with E-state index < -0.39 is 0 Å². The zero-order valence-electron chi connectivity index (χ0n) is 12.1. The second-order valence-corrected chi connectivity index (χ2v) is 4.68. The van der Waals surface area contributed by atoms with E-state index in [0.29, 0.717) is 0 Å². The van der Waals surface area contributed by atoms with Gasteiger partial charge in [0, 0.05) is 25.5 Å². The van der Waals surface area contributed by atoms with E-state index in [9.17, 15) is 4.79 Å². The lowest BCUT2D eigenvalue weighted by Crippen LogP contribution is -2.24. The normalized spacial score (nSPS) is 10.4. The fourth-order valence-corrected chi connectivity index (χ4v) is 1.70. The molecule has 0 bridgehead atoms. The van der Waals surface area contributed by atoms with Gasteiger partial charge in [0.05, 0.1) is 6.21 Å². The van der Waals surface area contributed by atoms with Crippen molar-refractivity contribution in [2.24, 2.45) is 5.10 Å². The molecule has 0 unspecified atom stereocenters. The monoisotopic (exact) mass is 282 g/mol. The lowest BCUT2D eigenvalue weighted by molar-refractivity contribution is 0.252. The number of benzene rings is 2. The Hall–Kier alpha value is -2.82. The number of para-hydroxylation sites is 1. The topological polar surface area (TPSA) is 56.7 Å². The van der Waals surface area contributed by atoms with Crippen LogP contribution in [0.15, 0.2) is 59.7 Å². The van der Waals surface area contributed by atoms with Gasteiger partial charge < -0.3 is 10.2 Å². The van der Waals surface area contributed by atoms with Crippen LogP contribution in [0.25, 0.3) is 0 Å². The molecule has 108 valence electrons. The highest BCUT2D eigenvalue weighted by molar-refractivity contribution is 5.90.